The summed E-state index contributed by atoms with van der Waals surface area (Å²) in [5.74, 6) is -3.22. The van der Waals surface area contributed by atoms with Gasteiger partial charge in [-0.2, -0.15) is 14.0 Å². The Balaban J connectivity index is 3.36. The van der Waals surface area contributed by atoms with Gasteiger partial charge in [-0.1, -0.05) is 11.6 Å². The standard InChI is InChI=1S/C10H8ClF2NO/c1-6-3-9(15-2)8(11)4-7(6)10(12,13)5-14/h3-4H,1-2H3. The Morgan fingerprint density at radius 1 is 1.47 bits per heavy atom. The van der Waals surface area contributed by atoms with E-state index in [-0.39, 0.29) is 10.6 Å². The van der Waals surface area contributed by atoms with Crippen LogP contribution in [0.5, 0.6) is 5.75 Å². The van der Waals surface area contributed by atoms with Gasteiger partial charge < -0.3 is 4.74 Å². The first-order valence-corrected chi connectivity index (χ1v) is 4.44. The highest BCUT2D eigenvalue weighted by molar-refractivity contribution is 6.32. The summed E-state index contributed by atoms with van der Waals surface area (Å²) in [4.78, 5) is 0. The Bertz CT molecular complexity index is 426. The van der Waals surface area contributed by atoms with Gasteiger partial charge in [0, 0.05) is 5.56 Å². The molecule has 0 heterocycles. The minimum atomic E-state index is -3.53. The number of alkyl halides is 2. The maximum Gasteiger partial charge on any atom is 0.357 e. The van der Waals surface area contributed by atoms with Crippen molar-refractivity contribution in [3.63, 3.8) is 0 Å². The van der Waals surface area contributed by atoms with Crippen molar-refractivity contribution in [3.05, 3.63) is 28.3 Å². The molecule has 0 radical (unpaired) electrons. The molecule has 0 unspecified atom stereocenters. The second-order valence-electron chi connectivity index (χ2n) is 2.99. The molecular weight excluding hydrogens is 224 g/mol. The fraction of sp³-hybridized carbons (Fsp3) is 0.300. The van der Waals surface area contributed by atoms with E-state index < -0.39 is 11.5 Å². The van der Waals surface area contributed by atoms with Crippen molar-refractivity contribution in [1.29, 1.82) is 5.26 Å². The zero-order valence-corrected chi connectivity index (χ0v) is 8.90. The molecule has 0 saturated carbocycles. The largest absolute Gasteiger partial charge is 0.495 e. The maximum atomic E-state index is 13.1. The van der Waals surface area contributed by atoms with Crippen molar-refractivity contribution in [1.82, 2.24) is 0 Å². The van der Waals surface area contributed by atoms with Crippen molar-refractivity contribution >= 4 is 11.6 Å². The zero-order chi connectivity index (χ0) is 11.6. The normalized spacial score (nSPS) is 10.9. The predicted molar refractivity (Wildman–Crippen MR) is 52.2 cm³/mol. The Labute approximate surface area is 91.0 Å². The van der Waals surface area contributed by atoms with E-state index in [4.69, 9.17) is 21.6 Å². The van der Waals surface area contributed by atoms with Crippen LogP contribution in [-0.4, -0.2) is 7.11 Å². The number of methoxy groups -OCH3 is 1. The molecule has 0 N–H and O–H groups in total. The number of ether oxygens (including phenoxy) is 1. The fourth-order valence-corrected chi connectivity index (χ4v) is 1.45. The second kappa shape index (κ2) is 4.03. The first-order chi connectivity index (χ1) is 6.92. The zero-order valence-electron chi connectivity index (χ0n) is 8.14. The van der Waals surface area contributed by atoms with Gasteiger partial charge in [-0.25, -0.2) is 0 Å². The molecule has 0 bridgehead atoms. The molecule has 1 rings (SSSR count). The maximum absolute atomic E-state index is 13.1. The van der Waals surface area contributed by atoms with Crippen LogP contribution in [0, 0.1) is 18.3 Å². The minimum Gasteiger partial charge on any atom is -0.495 e. The van der Waals surface area contributed by atoms with Crippen LogP contribution in [0.2, 0.25) is 5.02 Å². The van der Waals surface area contributed by atoms with E-state index in [1.54, 1.807) is 0 Å². The van der Waals surface area contributed by atoms with Gasteiger partial charge in [0.05, 0.1) is 12.1 Å². The lowest BCUT2D eigenvalue weighted by Gasteiger charge is -2.13. The highest BCUT2D eigenvalue weighted by Gasteiger charge is 2.33. The van der Waals surface area contributed by atoms with Crippen molar-refractivity contribution < 1.29 is 13.5 Å². The summed E-state index contributed by atoms with van der Waals surface area (Å²) in [7, 11) is 1.39. The molecule has 0 spiro atoms. The molecule has 0 atom stereocenters. The third kappa shape index (κ3) is 2.18. The lowest BCUT2D eigenvalue weighted by molar-refractivity contribution is 0.0605. The number of hydrogen-bond donors (Lipinski definition) is 0. The Hall–Kier alpha value is -1.34. The first-order valence-electron chi connectivity index (χ1n) is 4.06. The number of nitrogens with zero attached hydrogens (tertiary/aromatic N) is 1. The van der Waals surface area contributed by atoms with Crippen LogP contribution >= 0.6 is 11.6 Å². The lowest BCUT2D eigenvalue weighted by atomic mass is 10.0. The van der Waals surface area contributed by atoms with E-state index in [0.29, 0.717) is 5.75 Å². The molecule has 0 fully saturated rings. The number of aryl methyl sites for hydroxylation is 1. The van der Waals surface area contributed by atoms with Crippen LogP contribution in [0.15, 0.2) is 12.1 Å². The summed E-state index contributed by atoms with van der Waals surface area (Å²) in [6, 6.07) is 3.36. The summed E-state index contributed by atoms with van der Waals surface area (Å²) >= 11 is 5.70. The van der Waals surface area contributed by atoms with Gasteiger partial charge in [0.2, 0.25) is 0 Å². The monoisotopic (exact) mass is 231 g/mol. The average molecular weight is 232 g/mol. The number of rotatable bonds is 2. The molecule has 80 valence electrons. The number of benzene rings is 1. The SMILES string of the molecule is COc1cc(C)c(C(F)(F)C#N)cc1Cl. The van der Waals surface area contributed by atoms with E-state index in [1.165, 1.54) is 20.1 Å². The van der Waals surface area contributed by atoms with Gasteiger partial charge in [0.25, 0.3) is 0 Å². The Morgan fingerprint density at radius 3 is 2.53 bits per heavy atom. The fourth-order valence-electron chi connectivity index (χ4n) is 1.21. The smallest absolute Gasteiger partial charge is 0.357 e. The molecule has 1 aromatic carbocycles. The number of nitriles is 1. The van der Waals surface area contributed by atoms with Crippen LogP contribution in [0.25, 0.3) is 0 Å². The number of halogens is 3. The number of hydrogen-bond acceptors (Lipinski definition) is 2. The van der Waals surface area contributed by atoms with E-state index >= 15 is 0 Å². The molecule has 0 aromatic heterocycles. The van der Waals surface area contributed by atoms with Crippen LogP contribution < -0.4 is 4.74 Å². The van der Waals surface area contributed by atoms with Crippen molar-refractivity contribution in [3.8, 4) is 11.8 Å². The van der Waals surface area contributed by atoms with Crippen LogP contribution in [0.1, 0.15) is 11.1 Å². The van der Waals surface area contributed by atoms with Crippen LogP contribution in [0.4, 0.5) is 8.78 Å². The first kappa shape index (κ1) is 11.7. The lowest BCUT2D eigenvalue weighted by Crippen LogP contribution is -2.12. The molecule has 1 aromatic rings. The molecule has 5 heteroatoms. The molecule has 15 heavy (non-hydrogen) atoms. The van der Waals surface area contributed by atoms with E-state index in [9.17, 15) is 8.78 Å². The van der Waals surface area contributed by atoms with E-state index in [2.05, 4.69) is 0 Å². The van der Waals surface area contributed by atoms with Crippen LogP contribution in [0.3, 0.4) is 0 Å². The Kier molecular flexibility index (Phi) is 3.15. The van der Waals surface area contributed by atoms with Gasteiger partial charge in [-0.05, 0) is 24.6 Å². The quantitative estimate of drug-likeness (QED) is 0.783. The average Bonchev–Trinajstić information content (AvgIpc) is 2.20. The van der Waals surface area contributed by atoms with Gasteiger partial charge >= 0.3 is 5.92 Å². The molecule has 0 aliphatic heterocycles. The molecule has 0 aliphatic carbocycles. The summed E-state index contributed by atoms with van der Waals surface area (Å²) in [6.07, 6.45) is 0. The van der Waals surface area contributed by atoms with E-state index in [1.807, 2.05) is 0 Å². The van der Waals surface area contributed by atoms with Gasteiger partial charge in [0.15, 0.2) is 0 Å². The third-order valence-electron chi connectivity index (χ3n) is 1.98. The molecule has 2 nitrogen and oxygen atoms in total. The molecular formula is C10H8ClF2NO. The second-order valence-corrected chi connectivity index (χ2v) is 3.40. The van der Waals surface area contributed by atoms with Crippen molar-refractivity contribution in [2.24, 2.45) is 0 Å². The molecule has 0 amide bonds. The van der Waals surface area contributed by atoms with E-state index in [0.717, 1.165) is 12.1 Å². The van der Waals surface area contributed by atoms with Gasteiger partial charge in [-0.15, -0.1) is 0 Å². The highest BCUT2D eigenvalue weighted by atomic mass is 35.5. The van der Waals surface area contributed by atoms with Gasteiger partial charge in [0.1, 0.15) is 11.8 Å². The molecule has 0 aliphatic rings. The summed E-state index contributed by atoms with van der Waals surface area (Å²) in [6.45, 7) is 1.47. The van der Waals surface area contributed by atoms with Gasteiger partial charge in [-0.3, -0.25) is 0 Å². The predicted octanol–water partition coefficient (Wildman–Crippen LogP) is 3.27. The topological polar surface area (TPSA) is 33.0 Å². The minimum absolute atomic E-state index is 0.0630. The van der Waals surface area contributed by atoms with Crippen molar-refractivity contribution in [2.75, 3.05) is 7.11 Å². The highest BCUT2D eigenvalue weighted by Crippen LogP contribution is 2.35. The summed E-state index contributed by atoms with van der Waals surface area (Å²) in [5.41, 5.74) is -0.126. The third-order valence-corrected chi connectivity index (χ3v) is 2.27. The summed E-state index contributed by atoms with van der Waals surface area (Å²) in [5, 5.41) is 8.38. The van der Waals surface area contributed by atoms with Crippen molar-refractivity contribution in [2.45, 2.75) is 12.8 Å². The Morgan fingerprint density at radius 2 is 2.07 bits per heavy atom. The molecule has 0 saturated heterocycles. The van der Waals surface area contributed by atoms with Crippen LogP contribution in [-0.2, 0) is 5.92 Å². The summed E-state index contributed by atoms with van der Waals surface area (Å²) < 4.78 is 31.1.